The van der Waals surface area contributed by atoms with Gasteiger partial charge in [0, 0.05) is 17.3 Å². The van der Waals surface area contributed by atoms with Crippen molar-refractivity contribution in [2.24, 2.45) is 0 Å². The molecule has 7 heteroatoms. The van der Waals surface area contributed by atoms with Crippen LogP contribution < -0.4 is 10.0 Å². The third-order valence-corrected chi connectivity index (χ3v) is 6.64. The Morgan fingerprint density at radius 3 is 2.81 bits per heavy atom. The minimum atomic E-state index is -3.55. The number of furan rings is 1. The molecular formula is C14H22N2O3S2. The Kier molecular flexibility index (Phi) is 4.63. The van der Waals surface area contributed by atoms with Crippen LogP contribution >= 0.6 is 11.8 Å². The van der Waals surface area contributed by atoms with Gasteiger partial charge in [0.25, 0.3) is 10.0 Å². The molecule has 0 saturated heterocycles. The number of thioether (sulfide) groups is 1. The Balaban J connectivity index is 1.63. The SMILES string of the molecule is CSC1CCCC1NS(=O)(=O)c1ccc(CNC2CC2)o1. The predicted molar refractivity (Wildman–Crippen MR) is 83.8 cm³/mol. The van der Waals surface area contributed by atoms with E-state index in [1.165, 1.54) is 12.8 Å². The maximum atomic E-state index is 12.4. The van der Waals surface area contributed by atoms with Gasteiger partial charge in [0.05, 0.1) is 6.54 Å². The fourth-order valence-corrected chi connectivity index (χ4v) is 5.01. The second kappa shape index (κ2) is 6.32. The highest BCUT2D eigenvalue weighted by atomic mass is 32.2. The second-order valence-corrected chi connectivity index (χ2v) is 8.53. The van der Waals surface area contributed by atoms with Crippen molar-refractivity contribution in [2.45, 2.75) is 61.1 Å². The summed E-state index contributed by atoms with van der Waals surface area (Å²) >= 11 is 1.73. The van der Waals surface area contributed by atoms with Crippen molar-refractivity contribution in [1.29, 1.82) is 0 Å². The molecule has 21 heavy (non-hydrogen) atoms. The van der Waals surface area contributed by atoms with Gasteiger partial charge in [0.15, 0.2) is 0 Å². The number of hydrogen-bond donors (Lipinski definition) is 2. The maximum absolute atomic E-state index is 12.4. The van der Waals surface area contributed by atoms with Gasteiger partial charge in [0.2, 0.25) is 5.09 Å². The Morgan fingerprint density at radius 2 is 2.10 bits per heavy atom. The summed E-state index contributed by atoms with van der Waals surface area (Å²) in [4.78, 5) is 0. The summed E-state index contributed by atoms with van der Waals surface area (Å²) in [7, 11) is -3.55. The van der Waals surface area contributed by atoms with E-state index in [9.17, 15) is 8.42 Å². The van der Waals surface area contributed by atoms with Crippen LogP contribution in [-0.4, -0.2) is 32.0 Å². The van der Waals surface area contributed by atoms with E-state index in [0.717, 1.165) is 19.3 Å². The molecule has 0 aliphatic heterocycles. The van der Waals surface area contributed by atoms with Crippen LogP contribution in [0.2, 0.25) is 0 Å². The molecule has 5 nitrogen and oxygen atoms in total. The van der Waals surface area contributed by atoms with Gasteiger partial charge < -0.3 is 9.73 Å². The summed E-state index contributed by atoms with van der Waals surface area (Å²) in [5.74, 6) is 0.676. The van der Waals surface area contributed by atoms with Crippen molar-refractivity contribution in [2.75, 3.05) is 6.26 Å². The standard InChI is InChI=1S/C14H22N2O3S2/c1-20-13-4-2-3-12(13)16-21(17,18)14-8-7-11(19-14)9-15-10-5-6-10/h7-8,10,12-13,15-16H,2-6,9H2,1H3. The molecule has 0 amide bonds. The fourth-order valence-electron chi connectivity index (χ4n) is 2.73. The summed E-state index contributed by atoms with van der Waals surface area (Å²) in [6, 6.07) is 3.89. The third-order valence-electron chi connectivity index (χ3n) is 4.11. The Hall–Kier alpha value is -0.500. The lowest BCUT2D eigenvalue weighted by Gasteiger charge is -2.18. The minimum Gasteiger partial charge on any atom is -0.447 e. The van der Waals surface area contributed by atoms with Crippen molar-refractivity contribution in [1.82, 2.24) is 10.0 Å². The molecule has 118 valence electrons. The van der Waals surface area contributed by atoms with Crippen molar-refractivity contribution in [3.05, 3.63) is 17.9 Å². The quantitative estimate of drug-likeness (QED) is 0.801. The second-order valence-electron chi connectivity index (χ2n) is 5.81. The van der Waals surface area contributed by atoms with Crippen molar-refractivity contribution >= 4 is 21.8 Å². The van der Waals surface area contributed by atoms with Gasteiger partial charge in [-0.25, -0.2) is 13.1 Å². The topological polar surface area (TPSA) is 71.3 Å². The molecule has 2 saturated carbocycles. The first-order chi connectivity index (χ1) is 10.1. The molecule has 2 fully saturated rings. The molecule has 2 aliphatic rings. The van der Waals surface area contributed by atoms with E-state index in [1.807, 2.05) is 6.26 Å². The van der Waals surface area contributed by atoms with Crippen LogP contribution in [0.3, 0.4) is 0 Å². The van der Waals surface area contributed by atoms with Crippen LogP contribution in [-0.2, 0) is 16.6 Å². The fraction of sp³-hybridized carbons (Fsp3) is 0.714. The lowest BCUT2D eigenvalue weighted by atomic mass is 10.3. The number of sulfonamides is 1. The summed E-state index contributed by atoms with van der Waals surface area (Å²) in [6.45, 7) is 0.594. The minimum absolute atomic E-state index is 0.0168. The van der Waals surface area contributed by atoms with E-state index in [4.69, 9.17) is 4.42 Å². The lowest BCUT2D eigenvalue weighted by molar-refractivity contribution is 0.397. The van der Waals surface area contributed by atoms with Crippen LogP contribution in [0.25, 0.3) is 0 Å². The highest BCUT2D eigenvalue weighted by molar-refractivity contribution is 7.99. The molecule has 0 radical (unpaired) electrons. The zero-order chi connectivity index (χ0) is 14.9. The molecule has 1 aromatic rings. The lowest BCUT2D eigenvalue weighted by Crippen LogP contribution is -2.38. The largest absolute Gasteiger partial charge is 0.447 e. The predicted octanol–water partition coefficient (Wildman–Crippen LogP) is 2.09. The van der Waals surface area contributed by atoms with E-state index in [0.29, 0.717) is 23.6 Å². The van der Waals surface area contributed by atoms with E-state index in [2.05, 4.69) is 10.0 Å². The van der Waals surface area contributed by atoms with E-state index in [-0.39, 0.29) is 11.1 Å². The van der Waals surface area contributed by atoms with Crippen LogP contribution in [0, 0.1) is 0 Å². The molecule has 2 N–H and O–H groups in total. The molecule has 2 unspecified atom stereocenters. The van der Waals surface area contributed by atoms with Gasteiger partial charge >= 0.3 is 0 Å². The van der Waals surface area contributed by atoms with Gasteiger partial charge in [-0.15, -0.1) is 0 Å². The van der Waals surface area contributed by atoms with Crippen LogP contribution in [0.1, 0.15) is 37.9 Å². The van der Waals surface area contributed by atoms with Crippen molar-refractivity contribution in [3.63, 3.8) is 0 Å². The molecule has 0 aromatic carbocycles. The molecule has 2 aliphatic carbocycles. The van der Waals surface area contributed by atoms with Gasteiger partial charge in [-0.2, -0.15) is 11.8 Å². The normalized spacial score (nSPS) is 26.3. The van der Waals surface area contributed by atoms with E-state index >= 15 is 0 Å². The van der Waals surface area contributed by atoms with E-state index in [1.54, 1.807) is 23.9 Å². The zero-order valence-corrected chi connectivity index (χ0v) is 13.8. The maximum Gasteiger partial charge on any atom is 0.274 e. The van der Waals surface area contributed by atoms with Crippen molar-refractivity contribution < 1.29 is 12.8 Å². The van der Waals surface area contributed by atoms with Gasteiger partial charge in [0.1, 0.15) is 5.76 Å². The third kappa shape index (κ3) is 3.83. The average Bonchev–Trinajstić information content (AvgIpc) is 2.98. The number of rotatable bonds is 7. The summed E-state index contributed by atoms with van der Waals surface area (Å²) in [5.41, 5.74) is 0. The molecule has 2 atom stereocenters. The molecular weight excluding hydrogens is 308 g/mol. The molecule has 0 bridgehead atoms. The monoisotopic (exact) mass is 330 g/mol. The van der Waals surface area contributed by atoms with Crippen LogP contribution in [0.4, 0.5) is 0 Å². The first-order valence-electron chi connectivity index (χ1n) is 7.46. The molecule has 1 aromatic heterocycles. The zero-order valence-electron chi connectivity index (χ0n) is 12.2. The molecule has 1 heterocycles. The molecule has 0 spiro atoms. The van der Waals surface area contributed by atoms with Crippen LogP contribution in [0.15, 0.2) is 21.6 Å². The van der Waals surface area contributed by atoms with Crippen LogP contribution in [0.5, 0.6) is 0 Å². The number of nitrogens with one attached hydrogen (secondary N) is 2. The highest BCUT2D eigenvalue weighted by Crippen LogP contribution is 2.29. The number of hydrogen-bond acceptors (Lipinski definition) is 5. The Bertz CT molecular complexity index is 581. The smallest absolute Gasteiger partial charge is 0.274 e. The summed E-state index contributed by atoms with van der Waals surface area (Å²) < 4.78 is 33.0. The Morgan fingerprint density at radius 1 is 1.29 bits per heavy atom. The molecule has 3 rings (SSSR count). The van der Waals surface area contributed by atoms with Gasteiger partial charge in [-0.05, 0) is 44.1 Å². The highest BCUT2D eigenvalue weighted by Gasteiger charge is 2.32. The summed E-state index contributed by atoms with van der Waals surface area (Å²) in [5, 5.41) is 3.71. The van der Waals surface area contributed by atoms with E-state index < -0.39 is 10.0 Å². The van der Waals surface area contributed by atoms with Gasteiger partial charge in [-0.3, -0.25) is 0 Å². The summed E-state index contributed by atoms with van der Waals surface area (Å²) in [6.07, 6.45) is 7.49. The Labute approximate surface area is 130 Å². The first-order valence-corrected chi connectivity index (χ1v) is 10.2. The first kappa shape index (κ1) is 15.4. The average molecular weight is 330 g/mol. The van der Waals surface area contributed by atoms with Gasteiger partial charge in [-0.1, -0.05) is 6.42 Å². The van der Waals surface area contributed by atoms with Crippen molar-refractivity contribution in [3.8, 4) is 0 Å².